The van der Waals surface area contributed by atoms with Crippen molar-refractivity contribution < 1.29 is 19.2 Å². The molecule has 0 atom stereocenters. The van der Waals surface area contributed by atoms with Crippen molar-refractivity contribution in [1.29, 1.82) is 0 Å². The van der Waals surface area contributed by atoms with Crippen molar-refractivity contribution in [2.45, 2.75) is 0 Å². The molecule has 2 amide bonds. The maximum atomic E-state index is 12.0. The highest BCUT2D eigenvalue weighted by Crippen LogP contribution is 2.33. The van der Waals surface area contributed by atoms with E-state index >= 15 is 0 Å². The summed E-state index contributed by atoms with van der Waals surface area (Å²) in [5.74, 6) is -2.31. The first kappa shape index (κ1) is 14.1. The minimum atomic E-state index is -0.919. The number of hydrogen-bond acceptors (Lipinski definition) is 5. The van der Waals surface area contributed by atoms with Gasteiger partial charge in [0.25, 0.3) is 11.8 Å². The molecule has 0 aliphatic carbocycles. The Bertz CT molecular complexity index is 751. The van der Waals surface area contributed by atoms with E-state index in [9.17, 15) is 14.4 Å². The van der Waals surface area contributed by atoms with Crippen molar-refractivity contribution >= 4 is 52.3 Å². The number of imide groups is 1. The predicted octanol–water partition coefficient (Wildman–Crippen LogP) is 3.42. The van der Waals surface area contributed by atoms with Crippen LogP contribution in [0.2, 0.25) is 9.36 Å². The Kier molecular flexibility index (Phi) is 3.44. The highest BCUT2D eigenvalue weighted by Gasteiger charge is 2.39. The molecule has 0 radical (unpaired) electrons. The Balaban J connectivity index is 1.87. The summed E-state index contributed by atoms with van der Waals surface area (Å²) in [6.45, 7) is 0. The molecule has 1 aromatic carbocycles. The zero-order valence-corrected chi connectivity index (χ0v) is 12.5. The zero-order chi connectivity index (χ0) is 15.1. The van der Waals surface area contributed by atoms with E-state index in [0.29, 0.717) is 5.06 Å². The monoisotopic (exact) mass is 341 g/mol. The highest BCUT2D eigenvalue weighted by atomic mass is 35.5. The van der Waals surface area contributed by atoms with E-state index in [1.165, 1.54) is 17.5 Å². The molecule has 1 aliphatic rings. The van der Waals surface area contributed by atoms with Crippen molar-refractivity contribution in [3.8, 4) is 0 Å². The summed E-state index contributed by atoms with van der Waals surface area (Å²) in [5.41, 5.74) is 0.373. The fourth-order valence-electron chi connectivity index (χ4n) is 1.84. The van der Waals surface area contributed by atoms with E-state index in [0.717, 1.165) is 11.3 Å². The van der Waals surface area contributed by atoms with Gasteiger partial charge in [-0.05, 0) is 12.1 Å². The van der Waals surface area contributed by atoms with Gasteiger partial charge < -0.3 is 4.84 Å². The van der Waals surface area contributed by atoms with Crippen LogP contribution in [-0.2, 0) is 4.84 Å². The van der Waals surface area contributed by atoms with Gasteiger partial charge in [0.05, 0.1) is 21.7 Å². The molecule has 8 heteroatoms. The molecule has 0 saturated carbocycles. The second-order valence-corrected chi connectivity index (χ2v) is 5.93. The van der Waals surface area contributed by atoms with Crippen LogP contribution in [0.3, 0.4) is 0 Å². The molecule has 0 spiro atoms. The molecule has 1 aliphatic heterocycles. The number of carbonyl (C=O) groups is 3. The standard InChI is InChI=1S/C13H5Cl2NO4S/c14-9-8(5-21-10(9)15)13(19)20-16-11(17)6-3-1-2-4-7(6)12(16)18/h1-5H. The number of thiophene rings is 1. The number of halogens is 2. The van der Waals surface area contributed by atoms with Crippen LogP contribution in [0.5, 0.6) is 0 Å². The molecule has 2 heterocycles. The molecule has 0 bridgehead atoms. The third-order valence-electron chi connectivity index (χ3n) is 2.84. The predicted molar refractivity (Wildman–Crippen MR) is 76.7 cm³/mol. The Hall–Kier alpha value is -1.89. The number of hydrogen-bond donors (Lipinski definition) is 0. The SMILES string of the molecule is O=C(ON1C(=O)c2ccccc2C1=O)c1csc(Cl)c1Cl. The Morgan fingerprint density at radius 3 is 2.14 bits per heavy atom. The lowest BCUT2D eigenvalue weighted by atomic mass is 10.1. The Morgan fingerprint density at radius 2 is 1.67 bits per heavy atom. The van der Waals surface area contributed by atoms with Crippen LogP contribution in [0.4, 0.5) is 0 Å². The van der Waals surface area contributed by atoms with Gasteiger partial charge in [0.15, 0.2) is 0 Å². The molecule has 3 rings (SSSR count). The van der Waals surface area contributed by atoms with Crippen LogP contribution < -0.4 is 0 Å². The van der Waals surface area contributed by atoms with Crippen molar-refractivity contribution in [1.82, 2.24) is 5.06 Å². The van der Waals surface area contributed by atoms with E-state index in [2.05, 4.69) is 0 Å². The number of hydroxylamine groups is 2. The number of carbonyl (C=O) groups excluding carboxylic acids is 3. The lowest BCUT2D eigenvalue weighted by molar-refractivity contribution is -0.0584. The molecule has 0 saturated heterocycles. The average Bonchev–Trinajstić information content (AvgIpc) is 2.93. The third kappa shape index (κ3) is 2.21. The van der Waals surface area contributed by atoms with Gasteiger partial charge in [0, 0.05) is 5.38 Å². The van der Waals surface area contributed by atoms with Crippen LogP contribution in [0.1, 0.15) is 31.1 Å². The summed E-state index contributed by atoms with van der Waals surface area (Å²) in [5, 5.41) is 1.85. The van der Waals surface area contributed by atoms with Crippen molar-refractivity contribution in [2.24, 2.45) is 0 Å². The van der Waals surface area contributed by atoms with Crippen LogP contribution in [0, 0.1) is 0 Å². The van der Waals surface area contributed by atoms with Gasteiger partial charge in [-0.3, -0.25) is 9.59 Å². The van der Waals surface area contributed by atoms with Crippen molar-refractivity contribution in [2.75, 3.05) is 0 Å². The summed E-state index contributed by atoms with van der Waals surface area (Å²) < 4.78 is 0.228. The van der Waals surface area contributed by atoms with E-state index in [1.54, 1.807) is 12.1 Å². The first-order valence-corrected chi connectivity index (χ1v) is 7.27. The molecular weight excluding hydrogens is 337 g/mol. The summed E-state index contributed by atoms with van der Waals surface area (Å²) >= 11 is 12.6. The first-order chi connectivity index (χ1) is 10.0. The molecule has 2 aromatic rings. The minimum Gasteiger partial charge on any atom is -0.324 e. The fraction of sp³-hybridized carbons (Fsp3) is 0. The number of amides is 2. The molecule has 0 N–H and O–H groups in total. The van der Waals surface area contributed by atoms with E-state index in [-0.39, 0.29) is 26.0 Å². The molecular formula is C13H5Cl2NO4S. The van der Waals surface area contributed by atoms with E-state index < -0.39 is 17.8 Å². The van der Waals surface area contributed by atoms with Gasteiger partial charge >= 0.3 is 5.97 Å². The molecule has 0 fully saturated rings. The van der Waals surface area contributed by atoms with Gasteiger partial charge in [-0.2, -0.15) is 0 Å². The topological polar surface area (TPSA) is 63.7 Å². The number of nitrogens with zero attached hydrogens (tertiary/aromatic N) is 1. The van der Waals surface area contributed by atoms with Crippen LogP contribution in [0.15, 0.2) is 29.6 Å². The van der Waals surface area contributed by atoms with Crippen molar-refractivity contribution in [3.05, 3.63) is 55.7 Å². The summed E-state index contributed by atoms with van der Waals surface area (Å²) in [4.78, 5) is 40.9. The quantitative estimate of drug-likeness (QED) is 0.785. The lowest BCUT2D eigenvalue weighted by Gasteiger charge is -2.12. The largest absolute Gasteiger partial charge is 0.366 e. The van der Waals surface area contributed by atoms with Gasteiger partial charge in [0.2, 0.25) is 0 Å². The molecule has 5 nitrogen and oxygen atoms in total. The Morgan fingerprint density at radius 1 is 1.10 bits per heavy atom. The van der Waals surface area contributed by atoms with Gasteiger partial charge in [-0.1, -0.05) is 40.4 Å². The molecule has 21 heavy (non-hydrogen) atoms. The van der Waals surface area contributed by atoms with Crippen LogP contribution in [0.25, 0.3) is 0 Å². The molecule has 0 unspecified atom stereocenters. The first-order valence-electron chi connectivity index (χ1n) is 5.63. The number of rotatable bonds is 2. The number of benzene rings is 1. The van der Waals surface area contributed by atoms with Gasteiger partial charge in [-0.25, -0.2) is 4.79 Å². The second kappa shape index (κ2) is 5.14. The maximum Gasteiger partial charge on any atom is 0.366 e. The number of fused-ring (bicyclic) bond motifs is 1. The minimum absolute atomic E-state index is 0.00298. The third-order valence-corrected chi connectivity index (χ3v) is 4.66. The highest BCUT2D eigenvalue weighted by molar-refractivity contribution is 7.15. The lowest BCUT2D eigenvalue weighted by Crippen LogP contribution is -2.32. The maximum absolute atomic E-state index is 12.0. The van der Waals surface area contributed by atoms with Crippen LogP contribution >= 0.6 is 34.5 Å². The zero-order valence-electron chi connectivity index (χ0n) is 10.1. The van der Waals surface area contributed by atoms with Gasteiger partial charge in [-0.15, -0.1) is 11.3 Å². The van der Waals surface area contributed by atoms with Gasteiger partial charge in [0.1, 0.15) is 4.34 Å². The summed E-state index contributed by atoms with van der Waals surface area (Å²) in [7, 11) is 0. The fourth-order valence-corrected chi connectivity index (χ4v) is 3.05. The van der Waals surface area contributed by atoms with Crippen molar-refractivity contribution in [3.63, 3.8) is 0 Å². The summed E-state index contributed by atoms with van der Waals surface area (Å²) in [6, 6.07) is 6.20. The van der Waals surface area contributed by atoms with E-state index in [4.69, 9.17) is 28.0 Å². The second-order valence-electron chi connectivity index (χ2n) is 4.07. The van der Waals surface area contributed by atoms with E-state index in [1.807, 2.05) is 0 Å². The molecule has 1 aromatic heterocycles. The Labute approximate surface area is 132 Å². The average molecular weight is 342 g/mol. The molecule has 106 valence electrons. The smallest absolute Gasteiger partial charge is 0.324 e. The normalized spacial score (nSPS) is 13.5. The van der Waals surface area contributed by atoms with Crippen LogP contribution in [-0.4, -0.2) is 22.8 Å². The summed E-state index contributed by atoms with van der Waals surface area (Å²) in [6.07, 6.45) is 0.